The highest BCUT2D eigenvalue weighted by molar-refractivity contribution is 5.95. The fraction of sp³-hybridized carbons (Fsp3) is 0.273. The fourth-order valence-electron chi connectivity index (χ4n) is 3.30. The van der Waals surface area contributed by atoms with E-state index in [0.29, 0.717) is 11.3 Å². The van der Waals surface area contributed by atoms with Gasteiger partial charge in [0.1, 0.15) is 5.75 Å². The summed E-state index contributed by atoms with van der Waals surface area (Å²) >= 11 is 0. The Hall–Kier alpha value is -3.42. The van der Waals surface area contributed by atoms with Gasteiger partial charge in [0, 0.05) is 5.70 Å². The van der Waals surface area contributed by atoms with Gasteiger partial charge in [0.15, 0.2) is 0 Å². The summed E-state index contributed by atoms with van der Waals surface area (Å²) in [7, 11) is 0. The average molecular weight is 416 g/mol. The zero-order valence-electron chi connectivity index (χ0n) is 16.6. The number of alkyl halides is 2. The van der Waals surface area contributed by atoms with Crippen LogP contribution in [0.1, 0.15) is 31.0 Å². The number of urea groups is 1. The molecule has 1 aliphatic heterocycles. The third-order valence-electron chi connectivity index (χ3n) is 4.71. The van der Waals surface area contributed by atoms with Gasteiger partial charge >= 0.3 is 18.6 Å². The number of allylic oxidation sites excluding steroid dienone is 1. The Morgan fingerprint density at radius 1 is 1.13 bits per heavy atom. The van der Waals surface area contributed by atoms with E-state index in [1.54, 1.807) is 13.8 Å². The standard InChI is InChI=1S/C22H22F2N2O4/c1-3-29-20(27)18-14(2)26(13-15-7-5-4-6-8-15)22(28)25-19(18)16-9-11-17(12-10-16)30-21(23)24/h4-12,19,21H,3,13H2,1-2H3,(H,25,28). The number of amides is 2. The smallest absolute Gasteiger partial charge is 0.387 e. The first-order valence-electron chi connectivity index (χ1n) is 9.45. The zero-order valence-corrected chi connectivity index (χ0v) is 16.6. The molecule has 1 aliphatic rings. The molecule has 0 spiro atoms. The Balaban J connectivity index is 1.96. The Bertz CT molecular complexity index is 930. The van der Waals surface area contributed by atoms with Gasteiger partial charge in [0.2, 0.25) is 0 Å². The second-order valence-electron chi connectivity index (χ2n) is 6.62. The molecular weight excluding hydrogens is 394 g/mol. The lowest BCUT2D eigenvalue weighted by Gasteiger charge is -2.35. The summed E-state index contributed by atoms with van der Waals surface area (Å²) in [5.41, 5.74) is 2.21. The van der Waals surface area contributed by atoms with Gasteiger partial charge in [-0.15, -0.1) is 0 Å². The lowest BCUT2D eigenvalue weighted by molar-refractivity contribution is -0.139. The summed E-state index contributed by atoms with van der Waals surface area (Å²) in [4.78, 5) is 27.0. The molecule has 0 saturated heterocycles. The van der Waals surface area contributed by atoms with E-state index in [-0.39, 0.29) is 30.5 Å². The van der Waals surface area contributed by atoms with Gasteiger partial charge in [-0.3, -0.25) is 4.90 Å². The highest BCUT2D eigenvalue weighted by Crippen LogP contribution is 2.33. The minimum absolute atomic E-state index is 0.0139. The Morgan fingerprint density at radius 3 is 2.40 bits per heavy atom. The molecular formula is C22H22F2N2O4. The van der Waals surface area contributed by atoms with E-state index in [1.165, 1.54) is 29.2 Å². The highest BCUT2D eigenvalue weighted by atomic mass is 19.3. The summed E-state index contributed by atoms with van der Waals surface area (Å²) in [6, 6.07) is 14.0. The van der Waals surface area contributed by atoms with Gasteiger partial charge in [0.05, 0.1) is 24.8 Å². The molecule has 0 bridgehead atoms. The van der Waals surface area contributed by atoms with Crippen LogP contribution < -0.4 is 10.1 Å². The van der Waals surface area contributed by atoms with Crippen LogP contribution in [-0.4, -0.2) is 30.1 Å². The molecule has 0 aliphatic carbocycles. The van der Waals surface area contributed by atoms with Crippen LogP contribution in [0.3, 0.4) is 0 Å². The summed E-state index contributed by atoms with van der Waals surface area (Å²) in [5.74, 6) is -0.564. The van der Waals surface area contributed by atoms with Crippen molar-refractivity contribution in [2.45, 2.75) is 33.0 Å². The Morgan fingerprint density at radius 2 is 1.80 bits per heavy atom. The maximum atomic E-state index is 12.8. The lowest BCUT2D eigenvalue weighted by atomic mass is 9.94. The van der Waals surface area contributed by atoms with E-state index in [9.17, 15) is 18.4 Å². The molecule has 0 aromatic heterocycles. The molecule has 1 heterocycles. The van der Waals surface area contributed by atoms with Crippen LogP contribution in [0.5, 0.6) is 5.75 Å². The molecule has 3 rings (SSSR count). The van der Waals surface area contributed by atoms with Crippen LogP contribution in [-0.2, 0) is 16.1 Å². The molecule has 158 valence electrons. The minimum Gasteiger partial charge on any atom is -0.463 e. The highest BCUT2D eigenvalue weighted by Gasteiger charge is 2.36. The van der Waals surface area contributed by atoms with Crippen molar-refractivity contribution in [2.24, 2.45) is 0 Å². The van der Waals surface area contributed by atoms with Crippen LogP contribution in [0.2, 0.25) is 0 Å². The molecule has 6 nitrogen and oxygen atoms in total. The van der Waals surface area contributed by atoms with Crippen LogP contribution in [0.15, 0.2) is 65.9 Å². The number of benzene rings is 2. The number of nitrogens with zero attached hydrogens (tertiary/aromatic N) is 1. The fourth-order valence-corrected chi connectivity index (χ4v) is 3.30. The molecule has 8 heteroatoms. The number of hydrogen-bond donors (Lipinski definition) is 1. The van der Waals surface area contributed by atoms with Crippen molar-refractivity contribution in [2.75, 3.05) is 6.61 Å². The van der Waals surface area contributed by atoms with Crippen LogP contribution in [0, 0.1) is 0 Å². The van der Waals surface area contributed by atoms with Crippen LogP contribution in [0.4, 0.5) is 13.6 Å². The SMILES string of the molecule is CCOC(=O)C1=C(C)N(Cc2ccccc2)C(=O)NC1c1ccc(OC(F)F)cc1. The normalized spacial score (nSPS) is 16.5. The molecule has 30 heavy (non-hydrogen) atoms. The molecule has 0 fully saturated rings. The molecule has 2 aromatic carbocycles. The first-order valence-corrected chi connectivity index (χ1v) is 9.45. The number of carbonyl (C=O) groups is 2. The van der Waals surface area contributed by atoms with Crippen molar-refractivity contribution < 1.29 is 27.8 Å². The zero-order chi connectivity index (χ0) is 21.7. The molecule has 2 amide bonds. The van der Waals surface area contributed by atoms with Gasteiger partial charge in [-0.1, -0.05) is 42.5 Å². The number of carbonyl (C=O) groups excluding carboxylic acids is 2. The summed E-state index contributed by atoms with van der Waals surface area (Å²) in [5, 5.41) is 2.82. The van der Waals surface area contributed by atoms with Crippen molar-refractivity contribution in [3.63, 3.8) is 0 Å². The molecule has 1 N–H and O–H groups in total. The maximum Gasteiger partial charge on any atom is 0.387 e. The quantitative estimate of drug-likeness (QED) is 0.680. The third-order valence-corrected chi connectivity index (χ3v) is 4.71. The van der Waals surface area contributed by atoms with Gasteiger partial charge in [-0.05, 0) is 37.1 Å². The molecule has 0 saturated carbocycles. The molecule has 2 aromatic rings. The van der Waals surface area contributed by atoms with Crippen molar-refractivity contribution in [3.05, 3.63) is 77.0 Å². The van der Waals surface area contributed by atoms with Gasteiger partial charge in [0.25, 0.3) is 0 Å². The lowest BCUT2D eigenvalue weighted by Crippen LogP contribution is -2.47. The van der Waals surface area contributed by atoms with Gasteiger partial charge in [-0.25, -0.2) is 9.59 Å². The van der Waals surface area contributed by atoms with Crippen LogP contribution >= 0.6 is 0 Å². The summed E-state index contributed by atoms with van der Waals surface area (Å²) in [6.45, 7) is 0.914. The third kappa shape index (κ3) is 4.76. The Labute approximate surface area is 173 Å². The predicted octanol–water partition coefficient (Wildman–Crippen LogP) is 4.39. The molecule has 1 atom stereocenters. The first kappa shape index (κ1) is 21.3. The van der Waals surface area contributed by atoms with E-state index in [1.807, 2.05) is 30.3 Å². The number of halogens is 2. The second kappa shape index (κ2) is 9.39. The van der Waals surface area contributed by atoms with E-state index >= 15 is 0 Å². The van der Waals surface area contributed by atoms with E-state index in [0.717, 1.165) is 5.56 Å². The first-order chi connectivity index (χ1) is 14.4. The van der Waals surface area contributed by atoms with Gasteiger partial charge in [-0.2, -0.15) is 8.78 Å². The molecule has 0 radical (unpaired) electrons. The Kier molecular flexibility index (Phi) is 6.66. The van der Waals surface area contributed by atoms with Crippen molar-refractivity contribution >= 4 is 12.0 Å². The van der Waals surface area contributed by atoms with E-state index in [2.05, 4.69) is 10.1 Å². The molecule has 1 unspecified atom stereocenters. The summed E-state index contributed by atoms with van der Waals surface area (Å²) in [6.07, 6.45) is 0. The number of esters is 1. The van der Waals surface area contributed by atoms with E-state index < -0.39 is 18.6 Å². The van der Waals surface area contributed by atoms with Crippen molar-refractivity contribution in [1.29, 1.82) is 0 Å². The minimum atomic E-state index is -2.94. The second-order valence-corrected chi connectivity index (χ2v) is 6.62. The van der Waals surface area contributed by atoms with Crippen molar-refractivity contribution in [3.8, 4) is 5.75 Å². The number of ether oxygens (including phenoxy) is 2. The average Bonchev–Trinajstić information content (AvgIpc) is 2.72. The monoisotopic (exact) mass is 416 g/mol. The number of rotatable bonds is 7. The van der Waals surface area contributed by atoms with E-state index in [4.69, 9.17) is 4.74 Å². The summed E-state index contributed by atoms with van der Waals surface area (Å²) < 4.78 is 34.4. The maximum absolute atomic E-state index is 12.8. The number of hydrogen-bond acceptors (Lipinski definition) is 4. The largest absolute Gasteiger partial charge is 0.463 e. The predicted molar refractivity (Wildman–Crippen MR) is 106 cm³/mol. The topological polar surface area (TPSA) is 67.9 Å². The number of nitrogens with one attached hydrogen (secondary N) is 1. The van der Waals surface area contributed by atoms with Crippen LogP contribution in [0.25, 0.3) is 0 Å². The van der Waals surface area contributed by atoms with Crippen molar-refractivity contribution in [1.82, 2.24) is 10.2 Å². The van der Waals surface area contributed by atoms with Gasteiger partial charge < -0.3 is 14.8 Å².